The van der Waals surface area contributed by atoms with Gasteiger partial charge in [-0.05, 0) is 48.7 Å². The van der Waals surface area contributed by atoms with Crippen LogP contribution in [0.3, 0.4) is 0 Å². The molecule has 1 aromatic carbocycles. The minimum Gasteiger partial charge on any atom is -0.312 e. The molecule has 3 N–H and O–H groups in total. The normalized spacial score (nSPS) is 11.3. The number of aromatic nitrogens is 2. The van der Waals surface area contributed by atoms with Crippen LogP contribution in [0.5, 0.6) is 0 Å². The molecule has 3 rings (SSSR count). The Morgan fingerprint density at radius 1 is 1.22 bits per heavy atom. The first-order valence-electron chi connectivity index (χ1n) is 9.08. The van der Waals surface area contributed by atoms with Gasteiger partial charge in [0.15, 0.2) is 0 Å². The van der Waals surface area contributed by atoms with Crippen molar-refractivity contribution in [1.82, 2.24) is 20.4 Å². The van der Waals surface area contributed by atoms with Crippen molar-refractivity contribution in [2.75, 3.05) is 6.54 Å². The number of pyridine rings is 1. The lowest BCUT2D eigenvalue weighted by Gasteiger charge is -2.06. The summed E-state index contributed by atoms with van der Waals surface area (Å²) < 4.78 is 1.96. The number of amides is 1. The highest BCUT2D eigenvalue weighted by molar-refractivity contribution is 5.90. The highest BCUT2D eigenvalue weighted by atomic mass is 16.5. The largest absolute Gasteiger partial charge is 0.312 e. The van der Waals surface area contributed by atoms with Crippen molar-refractivity contribution in [2.24, 2.45) is 0 Å². The number of rotatable bonds is 8. The smallest absolute Gasteiger partial charge is 0.267 e. The Labute approximate surface area is 158 Å². The summed E-state index contributed by atoms with van der Waals surface area (Å²) in [6.45, 7) is 3.79. The molecule has 27 heavy (non-hydrogen) atoms. The van der Waals surface area contributed by atoms with Gasteiger partial charge in [-0.1, -0.05) is 37.3 Å². The third-order valence-electron chi connectivity index (χ3n) is 4.46. The molecule has 2 heterocycles. The van der Waals surface area contributed by atoms with Gasteiger partial charge in [-0.3, -0.25) is 10.0 Å². The summed E-state index contributed by atoms with van der Waals surface area (Å²) in [5, 5.41) is 16.6. The summed E-state index contributed by atoms with van der Waals surface area (Å²) in [5.74, 6) is -0.542. The molecule has 0 bridgehead atoms. The molecule has 3 aromatic rings. The maximum Gasteiger partial charge on any atom is 0.267 e. The van der Waals surface area contributed by atoms with Crippen LogP contribution in [-0.4, -0.2) is 27.3 Å². The Balaban J connectivity index is 1.53. The van der Waals surface area contributed by atoms with E-state index in [1.807, 2.05) is 47.1 Å². The lowest BCUT2D eigenvalue weighted by Crippen LogP contribution is -2.17. The van der Waals surface area contributed by atoms with E-state index in [4.69, 9.17) is 5.21 Å². The number of hydroxylamine groups is 1. The van der Waals surface area contributed by atoms with E-state index >= 15 is 0 Å². The van der Waals surface area contributed by atoms with E-state index < -0.39 is 5.91 Å². The molecule has 0 saturated carbocycles. The third kappa shape index (κ3) is 4.81. The van der Waals surface area contributed by atoms with E-state index in [0.29, 0.717) is 0 Å². The van der Waals surface area contributed by atoms with Crippen LogP contribution in [0.15, 0.2) is 54.7 Å². The number of benzene rings is 1. The van der Waals surface area contributed by atoms with Gasteiger partial charge in [-0.15, -0.1) is 0 Å². The molecule has 0 saturated heterocycles. The van der Waals surface area contributed by atoms with Crippen molar-refractivity contribution in [3.05, 3.63) is 77.1 Å². The van der Waals surface area contributed by atoms with E-state index in [-0.39, 0.29) is 0 Å². The molecular formula is C21H24N4O2. The molecule has 1 amide bonds. The van der Waals surface area contributed by atoms with Crippen LogP contribution in [0, 0.1) is 0 Å². The van der Waals surface area contributed by atoms with E-state index in [0.717, 1.165) is 37.2 Å². The lowest BCUT2D eigenvalue weighted by molar-refractivity contribution is -0.124. The molecule has 0 aliphatic rings. The second kappa shape index (κ2) is 9.12. The minimum atomic E-state index is -0.542. The first kappa shape index (κ1) is 18.8. The van der Waals surface area contributed by atoms with E-state index in [9.17, 15) is 4.79 Å². The first-order chi connectivity index (χ1) is 13.2. The highest BCUT2D eigenvalue weighted by Gasteiger charge is 2.10. The van der Waals surface area contributed by atoms with Gasteiger partial charge in [0.2, 0.25) is 0 Å². The fraction of sp³-hybridized carbons (Fsp3) is 0.238. The van der Waals surface area contributed by atoms with Crippen LogP contribution >= 0.6 is 0 Å². The second-order valence-electron chi connectivity index (χ2n) is 6.29. The predicted octanol–water partition coefficient (Wildman–Crippen LogP) is 2.75. The maximum absolute atomic E-state index is 11.0. The van der Waals surface area contributed by atoms with Crippen LogP contribution < -0.4 is 10.8 Å². The molecule has 0 aliphatic carbocycles. The fourth-order valence-corrected chi connectivity index (χ4v) is 3.06. The average molecular weight is 364 g/mol. The number of aryl methyl sites for hydroxylation is 1. The Bertz CT molecular complexity index is 929. The molecule has 6 nitrogen and oxygen atoms in total. The Morgan fingerprint density at radius 2 is 2.04 bits per heavy atom. The average Bonchev–Trinajstić information content (AvgIpc) is 3.08. The van der Waals surface area contributed by atoms with Crippen LogP contribution in [-0.2, 0) is 24.2 Å². The third-order valence-corrected chi connectivity index (χ3v) is 4.46. The number of hydrogen-bond donors (Lipinski definition) is 3. The maximum atomic E-state index is 11.0. The van der Waals surface area contributed by atoms with Crippen LogP contribution in [0.4, 0.5) is 0 Å². The molecule has 0 atom stereocenters. The van der Waals surface area contributed by atoms with Crippen LogP contribution in [0.25, 0.3) is 11.6 Å². The van der Waals surface area contributed by atoms with Gasteiger partial charge in [-0.2, -0.15) is 5.10 Å². The first-order valence-corrected chi connectivity index (χ1v) is 9.08. The highest BCUT2D eigenvalue weighted by Crippen LogP contribution is 2.16. The number of nitrogens with zero attached hydrogens (tertiary/aromatic N) is 2. The van der Waals surface area contributed by atoms with Gasteiger partial charge in [-0.25, -0.2) is 10.00 Å². The zero-order valence-corrected chi connectivity index (χ0v) is 15.4. The SMILES string of the molecule is CCc1nn2ccccc2c1CCNCc1ccc(/C=C/C(=O)NO)cc1. The second-order valence-corrected chi connectivity index (χ2v) is 6.29. The number of hydrogen-bond acceptors (Lipinski definition) is 4. The molecular weight excluding hydrogens is 340 g/mol. The minimum absolute atomic E-state index is 0.542. The molecule has 0 fully saturated rings. The Kier molecular flexibility index (Phi) is 6.35. The van der Waals surface area contributed by atoms with Crippen molar-refractivity contribution in [3.8, 4) is 0 Å². The molecule has 0 unspecified atom stereocenters. The van der Waals surface area contributed by atoms with Gasteiger partial charge in [0.1, 0.15) is 0 Å². The standard InChI is InChI=1S/C21H24N4O2/c1-2-19-18(20-5-3-4-14-25(20)23-19)12-13-22-15-17-8-6-16(7-9-17)10-11-21(26)24-27/h3-11,14,22,27H,2,12-13,15H2,1H3,(H,24,26)/b11-10+. The summed E-state index contributed by atoms with van der Waals surface area (Å²) in [6.07, 6.45) is 6.80. The molecule has 0 spiro atoms. The predicted molar refractivity (Wildman–Crippen MR) is 105 cm³/mol. The van der Waals surface area contributed by atoms with Crippen LogP contribution in [0.1, 0.15) is 29.3 Å². The number of nitrogens with one attached hydrogen (secondary N) is 2. The quantitative estimate of drug-likeness (QED) is 0.249. The van der Waals surface area contributed by atoms with Gasteiger partial charge in [0.25, 0.3) is 5.91 Å². The van der Waals surface area contributed by atoms with Gasteiger partial charge < -0.3 is 5.32 Å². The van der Waals surface area contributed by atoms with Crippen molar-refractivity contribution in [2.45, 2.75) is 26.3 Å². The molecule has 6 heteroatoms. The van der Waals surface area contributed by atoms with Gasteiger partial charge in [0.05, 0.1) is 11.2 Å². The van der Waals surface area contributed by atoms with E-state index in [1.54, 1.807) is 11.6 Å². The fourth-order valence-electron chi connectivity index (χ4n) is 3.06. The van der Waals surface area contributed by atoms with Gasteiger partial charge >= 0.3 is 0 Å². The van der Waals surface area contributed by atoms with Crippen LogP contribution in [0.2, 0.25) is 0 Å². The monoisotopic (exact) mass is 364 g/mol. The number of fused-ring (bicyclic) bond motifs is 1. The number of carbonyl (C=O) groups is 1. The van der Waals surface area contributed by atoms with Crippen molar-refractivity contribution >= 4 is 17.5 Å². The molecule has 140 valence electrons. The molecule has 2 aromatic heterocycles. The topological polar surface area (TPSA) is 78.7 Å². The summed E-state index contributed by atoms with van der Waals surface area (Å²) in [4.78, 5) is 11.0. The summed E-state index contributed by atoms with van der Waals surface area (Å²) in [6, 6.07) is 14.1. The Morgan fingerprint density at radius 3 is 2.78 bits per heavy atom. The van der Waals surface area contributed by atoms with E-state index in [2.05, 4.69) is 23.4 Å². The van der Waals surface area contributed by atoms with Crippen molar-refractivity contribution < 1.29 is 10.0 Å². The van der Waals surface area contributed by atoms with Crippen molar-refractivity contribution in [1.29, 1.82) is 0 Å². The van der Waals surface area contributed by atoms with Gasteiger partial charge in [0, 0.05) is 24.4 Å². The van der Waals surface area contributed by atoms with Crippen molar-refractivity contribution in [3.63, 3.8) is 0 Å². The zero-order chi connectivity index (χ0) is 19.1. The molecule has 0 radical (unpaired) electrons. The summed E-state index contributed by atoms with van der Waals surface area (Å²) in [7, 11) is 0. The zero-order valence-electron chi connectivity index (χ0n) is 15.4. The lowest BCUT2D eigenvalue weighted by atomic mass is 10.1. The number of carbonyl (C=O) groups excluding carboxylic acids is 1. The molecule has 0 aliphatic heterocycles. The summed E-state index contributed by atoms with van der Waals surface area (Å²) >= 11 is 0. The van der Waals surface area contributed by atoms with E-state index in [1.165, 1.54) is 22.7 Å². The summed E-state index contributed by atoms with van der Waals surface area (Å²) in [5.41, 5.74) is 7.30. The Hall–Kier alpha value is -2.96.